The first-order valence-corrected chi connectivity index (χ1v) is 11.3. The third-order valence-corrected chi connectivity index (χ3v) is 6.31. The van der Waals surface area contributed by atoms with Crippen molar-refractivity contribution in [1.29, 1.82) is 0 Å². The van der Waals surface area contributed by atoms with E-state index in [9.17, 15) is 4.79 Å². The second-order valence-corrected chi connectivity index (χ2v) is 8.88. The second-order valence-electron chi connectivity index (χ2n) is 6.16. The van der Waals surface area contributed by atoms with Crippen molar-refractivity contribution in [1.82, 2.24) is 4.90 Å². The van der Waals surface area contributed by atoms with E-state index in [0.717, 1.165) is 26.6 Å². The van der Waals surface area contributed by atoms with Crippen molar-refractivity contribution >= 4 is 66.5 Å². The van der Waals surface area contributed by atoms with E-state index in [4.69, 9.17) is 9.47 Å². The van der Waals surface area contributed by atoms with Gasteiger partial charge in [0.15, 0.2) is 5.17 Å². The van der Waals surface area contributed by atoms with Crippen LogP contribution in [0.3, 0.4) is 0 Å². The lowest BCUT2D eigenvalue weighted by atomic mass is 10.2. The lowest BCUT2D eigenvalue weighted by Gasteiger charge is -2.15. The average molecular weight is 540 g/mol. The van der Waals surface area contributed by atoms with Gasteiger partial charge in [0.05, 0.1) is 26.6 Å². The summed E-state index contributed by atoms with van der Waals surface area (Å²) in [6.45, 7) is 1.14. The van der Waals surface area contributed by atoms with Gasteiger partial charge in [-0.15, -0.1) is 0 Å². The van der Waals surface area contributed by atoms with Gasteiger partial charge in [0.1, 0.15) is 5.75 Å². The number of nitrogens with zero attached hydrogens (tertiary/aromatic N) is 2. The van der Waals surface area contributed by atoms with Gasteiger partial charge in [-0.25, -0.2) is 4.99 Å². The van der Waals surface area contributed by atoms with E-state index in [-0.39, 0.29) is 5.91 Å². The van der Waals surface area contributed by atoms with Gasteiger partial charge in [0.25, 0.3) is 5.91 Å². The van der Waals surface area contributed by atoms with Crippen molar-refractivity contribution in [2.24, 2.45) is 4.99 Å². The van der Waals surface area contributed by atoms with Gasteiger partial charge in [0, 0.05) is 20.3 Å². The summed E-state index contributed by atoms with van der Waals surface area (Å²) < 4.78 is 12.1. The lowest BCUT2D eigenvalue weighted by Crippen LogP contribution is -2.30. The Kier molecular flexibility index (Phi) is 7.94. The number of methoxy groups -OCH3 is 2. The Labute approximate surface area is 191 Å². The minimum absolute atomic E-state index is 0.0520. The third-order valence-electron chi connectivity index (χ3n) is 4.12. The Morgan fingerprint density at radius 2 is 1.83 bits per heavy atom. The van der Waals surface area contributed by atoms with Crippen molar-refractivity contribution in [3.05, 3.63) is 61.9 Å². The molecule has 0 aromatic heterocycles. The molecule has 2 aromatic rings. The van der Waals surface area contributed by atoms with Crippen LogP contribution >= 0.6 is 43.6 Å². The highest BCUT2D eigenvalue weighted by molar-refractivity contribution is 9.11. The highest BCUT2D eigenvalue weighted by atomic mass is 79.9. The predicted molar refractivity (Wildman–Crippen MR) is 126 cm³/mol. The number of amides is 1. The van der Waals surface area contributed by atoms with Crippen molar-refractivity contribution in [2.75, 3.05) is 27.4 Å². The molecule has 1 aliphatic rings. The predicted octanol–water partition coefficient (Wildman–Crippen LogP) is 5.86. The fourth-order valence-electron chi connectivity index (χ4n) is 2.78. The van der Waals surface area contributed by atoms with Crippen LogP contribution in [0.1, 0.15) is 12.0 Å². The molecule has 0 N–H and O–H groups in total. The standard InChI is InChI=1S/C21H20Br2N2O3S/c1-27-10-6-9-25-20(26)18(29-21(25)24-15-7-4-3-5-8-15)13-14-11-16(22)19(28-2)17(23)12-14/h3-5,7-8,11-13H,6,9-10H2,1-2H3. The number of thioether (sulfide) groups is 1. The Bertz CT molecular complexity index is 925. The third kappa shape index (κ3) is 5.51. The van der Waals surface area contributed by atoms with Crippen LogP contribution in [-0.2, 0) is 9.53 Å². The summed E-state index contributed by atoms with van der Waals surface area (Å²) in [6, 6.07) is 13.5. The molecule has 1 fully saturated rings. The van der Waals surface area contributed by atoms with Crippen LogP contribution in [0.2, 0.25) is 0 Å². The van der Waals surface area contributed by atoms with E-state index >= 15 is 0 Å². The van der Waals surface area contributed by atoms with E-state index in [1.54, 1.807) is 19.1 Å². The van der Waals surface area contributed by atoms with Crippen LogP contribution in [0.4, 0.5) is 5.69 Å². The van der Waals surface area contributed by atoms with E-state index in [0.29, 0.717) is 29.0 Å². The molecule has 0 bridgehead atoms. The number of aliphatic imine (C=N–C) groups is 1. The molecule has 2 aromatic carbocycles. The summed E-state index contributed by atoms with van der Waals surface area (Å²) in [5.74, 6) is 0.661. The number of hydrogen-bond acceptors (Lipinski definition) is 5. The van der Waals surface area contributed by atoms with Crippen LogP contribution in [-0.4, -0.2) is 43.3 Å². The summed E-state index contributed by atoms with van der Waals surface area (Å²) in [4.78, 5) is 20.1. The first kappa shape index (κ1) is 22.1. The summed E-state index contributed by atoms with van der Waals surface area (Å²) in [5, 5.41) is 0.676. The van der Waals surface area contributed by atoms with Crippen molar-refractivity contribution in [3.63, 3.8) is 0 Å². The smallest absolute Gasteiger partial charge is 0.266 e. The van der Waals surface area contributed by atoms with Crippen LogP contribution in [0.25, 0.3) is 6.08 Å². The molecular formula is C21H20Br2N2O3S. The molecule has 1 saturated heterocycles. The van der Waals surface area contributed by atoms with Gasteiger partial charge in [-0.2, -0.15) is 0 Å². The molecular weight excluding hydrogens is 520 g/mol. The number of amidine groups is 1. The fourth-order valence-corrected chi connectivity index (χ4v) is 5.35. The first-order chi connectivity index (χ1) is 14.0. The molecule has 152 valence electrons. The van der Waals surface area contributed by atoms with E-state index in [1.807, 2.05) is 48.5 Å². The molecule has 5 nitrogen and oxygen atoms in total. The number of rotatable bonds is 7. The number of hydrogen-bond donors (Lipinski definition) is 0. The highest BCUT2D eigenvalue weighted by Crippen LogP contribution is 2.38. The Morgan fingerprint density at radius 3 is 2.45 bits per heavy atom. The largest absolute Gasteiger partial charge is 0.494 e. The zero-order valence-corrected chi connectivity index (χ0v) is 20.0. The first-order valence-electron chi connectivity index (χ1n) is 8.90. The Balaban J connectivity index is 1.93. The maximum Gasteiger partial charge on any atom is 0.266 e. The van der Waals surface area contributed by atoms with E-state index in [2.05, 4.69) is 36.9 Å². The molecule has 0 radical (unpaired) electrons. The Morgan fingerprint density at radius 1 is 1.14 bits per heavy atom. The molecule has 1 heterocycles. The molecule has 8 heteroatoms. The molecule has 1 aliphatic heterocycles. The van der Waals surface area contributed by atoms with Gasteiger partial charge in [-0.3, -0.25) is 9.69 Å². The van der Waals surface area contributed by atoms with E-state index in [1.165, 1.54) is 11.8 Å². The van der Waals surface area contributed by atoms with Crippen molar-refractivity contribution < 1.29 is 14.3 Å². The summed E-state index contributed by atoms with van der Waals surface area (Å²) >= 11 is 8.40. The molecule has 0 unspecified atom stereocenters. The quantitative estimate of drug-likeness (QED) is 0.326. The van der Waals surface area contributed by atoms with Gasteiger partial charge < -0.3 is 9.47 Å². The monoisotopic (exact) mass is 538 g/mol. The second kappa shape index (κ2) is 10.4. The molecule has 29 heavy (non-hydrogen) atoms. The summed E-state index contributed by atoms with van der Waals surface area (Å²) in [6.07, 6.45) is 2.61. The maximum absolute atomic E-state index is 13.1. The highest BCUT2D eigenvalue weighted by Gasteiger charge is 2.33. The molecule has 0 spiro atoms. The SMILES string of the molecule is COCCCN1C(=O)C(=Cc2cc(Br)c(OC)c(Br)c2)SC1=Nc1ccccc1. The molecule has 0 saturated carbocycles. The topological polar surface area (TPSA) is 51.1 Å². The number of carbonyl (C=O) groups is 1. The molecule has 0 aliphatic carbocycles. The number of halogens is 2. The molecule has 3 rings (SSSR count). The van der Waals surface area contributed by atoms with Crippen molar-refractivity contribution in [2.45, 2.75) is 6.42 Å². The summed E-state index contributed by atoms with van der Waals surface area (Å²) in [7, 11) is 3.27. The zero-order valence-electron chi connectivity index (χ0n) is 16.0. The number of carbonyl (C=O) groups excluding carboxylic acids is 1. The van der Waals surface area contributed by atoms with Crippen LogP contribution < -0.4 is 4.74 Å². The van der Waals surface area contributed by atoms with Crippen LogP contribution in [0.5, 0.6) is 5.75 Å². The molecule has 1 amide bonds. The minimum Gasteiger partial charge on any atom is -0.494 e. The number of benzene rings is 2. The van der Waals surface area contributed by atoms with Crippen molar-refractivity contribution in [3.8, 4) is 5.75 Å². The lowest BCUT2D eigenvalue weighted by molar-refractivity contribution is -0.122. The van der Waals surface area contributed by atoms with Gasteiger partial charge in [0.2, 0.25) is 0 Å². The maximum atomic E-state index is 13.1. The fraction of sp³-hybridized carbons (Fsp3) is 0.238. The van der Waals surface area contributed by atoms with Gasteiger partial charge in [-0.1, -0.05) is 18.2 Å². The number of para-hydroxylation sites is 1. The Hall–Kier alpha value is -1.61. The van der Waals surface area contributed by atoms with Crippen LogP contribution in [0.15, 0.2) is 61.3 Å². The molecule has 0 atom stereocenters. The summed E-state index contributed by atoms with van der Waals surface area (Å²) in [5.41, 5.74) is 1.70. The minimum atomic E-state index is -0.0520. The van der Waals surface area contributed by atoms with Crippen LogP contribution in [0, 0.1) is 0 Å². The van der Waals surface area contributed by atoms with Gasteiger partial charge in [-0.05, 0) is 85.9 Å². The van der Waals surface area contributed by atoms with Gasteiger partial charge >= 0.3 is 0 Å². The van der Waals surface area contributed by atoms with E-state index < -0.39 is 0 Å². The average Bonchev–Trinajstić information content (AvgIpc) is 2.97. The number of ether oxygens (including phenoxy) is 2. The zero-order chi connectivity index (χ0) is 20.8. The normalized spacial score (nSPS) is 16.8.